The molecule has 22 heavy (non-hydrogen) atoms. The molecule has 1 aliphatic rings. The first-order chi connectivity index (χ1) is 10.8. The molecule has 0 spiro atoms. The van der Waals surface area contributed by atoms with Crippen molar-refractivity contribution in [2.45, 2.75) is 13.0 Å². The number of aromatic nitrogens is 2. The van der Waals surface area contributed by atoms with Crippen LogP contribution < -0.4 is 10.2 Å². The molecule has 2 heterocycles. The summed E-state index contributed by atoms with van der Waals surface area (Å²) in [6.07, 6.45) is 5.81. The van der Waals surface area contributed by atoms with Crippen LogP contribution in [0.25, 0.3) is 0 Å². The third kappa shape index (κ3) is 2.98. The zero-order valence-electron chi connectivity index (χ0n) is 12.3. The van der Waals surface area contributed by atoms with Crippen molar-refractivity contribution in [3.63, 3.8) is 0 Å². The summed E-state index contributed by atoms with van der Waals surface area (Å²) in [7, 11) is 0. The molecule has 5 nitrogen and oxygen atoms in total. The highest BCUT2D eigenvalue weighted by Crippen LogP contribution is 2.22. The number of carbonyl (C=O) groups is 1. The lowest BCUT2D eigenvalue weighted by molar-refractivity contribution is 0.0952. The number of benzene rings is 1. The molecule has 2 aromatic rings. The second kappa shape index (κ2) is 6.39. The highest BCUT2D eigenvalue weighted by molar-refractivity contribution is 5.92. The molecule has 3 rings (SSSR count). The predicted octanol–water partition coefficient (Wildman–Crippen LogP) is 1.96. The van der Waals surface area contributed by atoms with Gasteiger partial charge in [-0.2, -0.15) is 0 Å². The van der Waals surface area contributed by atoms with Gasteiger partial charge in [-0.15, -0.1) is 6.58 Å². The van der Waals surface area contributed by atoms with E-state index in [1.165, 1.54) is 17.3 Å². The molecule has 5 heteroatoms. The first-order valence-electron chi connectivity index (χ1n) is 7.31. The summed E-state index contributed by atoms with van der Waals surface area (Å²) in [5, 5.41) is 2.69. The minimum absolute atomic E-state index is 0.233. The number of nitrogens with one attached hydrogen (secondary N) is 1. The van der Waals surface area contributed by atoms with Gasteiger partial charge in [0.1, 0.15) is 11.5 Å². The van der Waals surface area contributed by atoms with Crippen molar-refractivity contribution in [1.82, 2.24) is 15.3 Å². The van der Waals surface area contributed by atoms with Gasteiger partial charge in [0.2, 0.25) is 0 Å². The van der Waals surface area contributed by atoms with Gasteiger partial charge in [-0.25, -0.2) is 9.97 Å². The quantitative estimate of drug-likeness (QED) is 0.876. The Kier molecular flexibility index (Phi) is 4.14. The van der Waals surface area contributed by atoms with E-state index in [1.54, 1.807) is 12.3 Å². The average molecular weight is 294 g/mol. The van der Waals surface area contributed by atoms with Crippen LogP contribution in [0.1, 0.15) is 21.6 Å². The maximum atomic E-state index is 11.8. The van der Waals surface area contributed by atoms with Gasteiger partial charge in [-0.1, -0.05) is 30.3 Å². The molecule has 0 radical (unpaired) electrons. The number of carbonyl (C=O) groups excluding carboxylic acids is 1. The van der Waals surface area contributed by atoms with E-state index in [4.69, 9.17) is 0 Å². The molecule has 0 bridgehead atoms. The van der Waals surface area contributed by atoms with Crippen LogP contribution in [-0.2, 0) is 13.0 Å². The summed E-state index contributed by atoms with van der Waals surface area (Å²) in [6, 6.07) is 8.45. The van der Waals surface area contributed by atoms with E-state index in [-0.39, 0.29) is 5.91 Å². The van der Waals surface area contributed by atoms with E-state index in [0.29, 0.717) is 12.2 Å². The Morgan fingerprint density at radius 1 is 1.27 bits per heavy atom. The molecule has 1 aliphatic heterocycles. The van der Waals surface area contributed by atoms with Crippen molar-refractivity contribution in [1.29, 1.82) is 0 Å². The maximum Gasteiger partial charge on any atom is 0.271 e. The van der Waals surface area contributed by atoms with Crippen molar-refractivity contribution in [3.8, 4) is 0 Å². The number of nitrogens with zero attached hydrogens (tertiary/aromatic N) is 3. The van der Waals surface area contributed by atoms with Crippen LogP contribution in [0.2, 0.25) is 0 Å². The van der Waals surface area contributed by atoms with E-state index >= 15 is 0 Å². The van der Waals surface area contributed by atoms with Gasteiger partial charge in [-0.3, -0.25) is 4.79 Å². The fourth-order valence-electron chi connectivity index (χ4n) is 2.55. The molecule has 112 valence electrons. The van der Waals surface area contributed by atoms with Gasteiger partial charge >= 0.3 is 0 Å². The summed E-state index contributed by atoms with van der Waals surface area (Å²) in [5.74, 6) is 0.567. The number of fused-ring (bicyclic) bond motifs is 1. The van der Waals surface area contributed by atoms with Gasteiger partial charge in [0.05, 0.1) is 12.4 Å². The van der Waals surface area contributed by atoms with Gasteiger partial charge in [0.15, 0.2) is 0 Å². The van der Waals surface area contributed by atoms with E-state index in [9.17, 15) is 4.79 Å². The molecule has 1 aromatic carbocycles. The Morgan fingerprint density at radius 2 is 2.09 bits per heavy atom. The summed E-state index contributed by atoms with van der Waals surface area (Å²) < 4.78 is 0. The van der Waals surface area contributed by atoms with E-state index in [2.05, 4.69) is 51.0 Å². The molecule has 1 amide bonds. The molecule has 1 aromatic heterocycles. The topological polar surface area (TPSA) is 58.1 Å². The van der Waals surface area contributed by atoms with E-state index in [0.717, 1.165) is 25.3 Å². The number of hydrogen-bond acceptors (Lipinski definition) is 4. The zero-order chi connectivity index (χ0) is 15.4. The first kappa shape index (κ1) is 14.3. The Labute approximate surface area is 129 Å². The third-order valence-corrected chi connectivity index (χ3v) is 3.73. The molecule has 0 fully saturated rings. The van der Waals surface area contributed by atoms with Gasteiger partial charge < -0.3 is 10.2 Å². The van der Waals surface area contributed by atoms with E-state index in [1.807, 2.05) is 0 Å². The van der Waals surface area contributed by atoms with Crippen LogP contribution >= 0.6 is 0 Å². The Hall–Kier alpha value is -2.69. The number of amides is 1. The third-order valence-electron chi connectivity index (χ3n) is 3.73. The molecule has 0 aliphatic carbocycles. The number of rotatable bonds is 4. The molecule has 1 N–H and O–H groups in total. The molecular weight excluding hydrogens is 276 g/mol. The van der Waals surface area contributed by atoms with Crippen molar-refractivity contribution < 1.29 is 4.79 Å². The smallest absolute Gasteiger partial charge is 0.271 e. The fourth-order valence-corrected chi connectivity index (χ4v) is 2.55. The lowest BCUT2D eigenvalue weighted by Gasteiger charge is -2.29. The lowest BCUT2D eigenvalue weighted by atomic mass is 10.0. The van der Waals surface area contributed by atoms with Gasteiger partial charge in [-0.05, 0) is 17.5 Å². The average Bonchev–Trinajstić information content (AvgIpc) is 2.59. The van der Waals surface area contributed by atoms with Crippen molar-refractivity contribution in [3.05, 3.63) is 66.1 Å². The van der Waals surface area contributed by atoms with Crippen LogP contribution in [0.3, 0.4) is 0 Å². The summed E-state index contributed by atoms with van der Waals surface area (Å²) in [4.78, 5) is 22.6. The Bertz CT molecular complexity index is 681. The van der Waals surface area contributed by atoms with Crippen LogP contribution in [0.15, 0.2) is 49.3 Å². The minimum Gasteiger partial charge on any atom is -0.351 e. The van der Waals surface area contributed by atoms with Crippen LogP contribution in [0.5, 0.6) is 0 Å². The largest absolute Gasteiger partial charge is 0.351 e. The maximum absolute atomic E-state index is 11.8. The molecule has 0 saturated heterocycles. The van der Waals surface area contributed by atoms with E-state index < -0.39 is 0 Å². The minimum atomic E-state index is -0.233. The standard InChI is InChI=1S/C17H18N4O/c1-2-8-18-17(22)15-10-20-16(11-19-15)21-9-7-13-5-3-4-6-14(13)12-21/h2-6,10-11H,1,7-9,12H2,(H,18,22). The van der Waals surface area contributed by atoms with Crippen LogP contribution in [0, 0.1) is 0 Å². The lowest BCUT2D eigenvalue weighted by Crippen LogP contribution is -2.31. The predicted molar refractivity (Wildman–Crippen MR) is 85.8 cm³/mol. The van der Waals surface area contributed by atoms with Crippen LogP contribution in [0.4, 0.5) is 5.82 Å². The highest BCUT2D eigenvalue weighted by Gasteiger charge is 2.17. The van der Waals surface area contributed by atoms with Crippen molar-refractivity contribution in [2.75, 3.05) is 18.0 Å². The SMILES string of the molecule is C=CCNC(=O)c1cnc(N2CCc3ccccc3C2)cn1. The molecular formula is C17H18N4O. The normalized spacial score (nSPS) is 13.4. The summed E-state index contributed by atoms with van der Waals surface area (Å²) in [6.45, 7) is 5.72. The highest BCUT2D eigenvalue weighted by atomic mass is 16.1. The van der Waals surface area contributed by atoms with Crippen molar-refractivity contribution in [2.24, 2.45) is 0 Å². The van der Waals surface area contributed by atoms with Gasteiger partial charge in [0, 0.05) is 19.6 Å². The molecule has 0 saturated carbocycles. The Morgan fingerprint density at radius 3 is 2.82 bits per heavy atom. The van der Waals surface area contributed by atoms with Crippen molar-refractivity contribution >= 4 is 11.7 Å². The summed E-state index contributed by atoms with van der Waals surface area (Å²) >= 11 is 0. The fraction of sp³-hybridized carbons (Fsp3) is 0.235. The molecule has 0 unspecified atom stereocenters. The second-order valence-electron chi connectivity index (χ2n) is 5.20. The zero-order valence-corrected chi connectivity index (χ0v) is 12.3. The molecule has 0 atom stereocenters. The van der Waals surface area contributed by atoms with Gasteiger partial charge in [0.25, 0.3) is 5.91 Å². The number of hydrogen-bond donors (Lipinski definition) is 1. The Balaban J connectivity index is 1.71. The first-order valence-corrected chi connectivity index (χ1v) is 7.31. The monoisotopic (exact) mass is 294 g/mol. The summed E-state index contributed by atoms with van der Waals surface area (Å²) in [5.41, 5.74) is 3.04. The van der Waals surface area contributed by atoms with Crippen LogP contribution in [-0.4, -0.2) is 29.0 Å². The second-order valence-corrected chi connectivity index (χ2v) is 5.20. The number of anilines is 1.